The fourth-order valence-electron chi connectivity index (χ4n) is 4.36. The van der Waals surface area contributed by atoms with E-state index in [0.29, 0.717) is 0 Å². The summed E-state index contributed by atoms with van der Waals surface area (Å²) in [7, 11) is 0. The number of esters is 2. The van der Waals surface area contributed by atoms with Gasteiger partial charge in [-0.25, -0.2) is 4.79 Å². The van der Waals surface area contributed by atoms with Crippen molar-refractivity contribution in [2.75, 3.05) is 0 Å². The number of carbonyl (C=O) groups excluding carboxylic acids is 2. The molecule has 6 nitrogen and oxygen atoms in total. The van der Waals surface area contributed by atoms with E-state index >= 15 is 0 Å². The van der Waals surface area contributed by atoms with Crippen molar-refractivity contribution < 1.29 is 29.3 Å². The lowest BCUT2D eigenvalue weighted by Gasteiger charge is -2.37. The van der Waals surface area contributed by atoms with Crippen LogP contribution in [0.1, 0.15) is 27.2 Å². The summed E-state index contributed by atoms with van der Waals surface area (Å²) in [6, 6.07) is 0. The van der Waals surface area contributed by atoms with Gasteiger partial charge >= 0.3 is 11.9 Å². The van der Waals surface area contributed by atoms with Gasteiger partial charge in [0.05, 0.1) is 17.1 Å². The Morgan fingerprint density at radius 3 is 2.70 bits per heavy atom. The second-order valence-corrected chi connectivity index (χ2v) is 7.27. The highest BCUT2D eigenvalue weighted by atomic mass is 16.6. The fourth-order valence-corrected chi connectivity index (χ4v) is 4.36. The molecule has 2 aliphatic carbocycles. The van der Waals surface area contributed by atoms with Crippen LogP contribution in [0.3, 0.4) is 0 Å². The lowest BCUT2D eigenvalue weighted by molar-refractivity contribution is -0.152. The maximum absolute atomic E-state index is 12.0. The van der Waals surface area contributed by atoms with Gasteiger partial charge < -0.3 is 19.7 Å². The summed E-state index contributed by atoms with van der Waals surface area (Å²) in [5.74, 6) is -2.54. The maximum atomic E-state index is 12.0. The van der Waals surface area contributed by atoms with E-state index in [9.17, 15) is 19.8 Å². The van der Waals surface area contributed by atoms with Crippen molar-refractivity contribution >= 4 is 11.9 Å². The minimum atomic E-state index is -1.23. The Kier molecular flexibility index (Phi) is 3.46. The molecular weight excluding hydrogens is 300 g/mol. The first-order valence-corrected chi connectivity index (χ1v) is 7.76. The van der Waals surface area contributed by atoms with Gasteiger partial charge in [0.1, 0.15) is 12.2 Å². The molecule has 1 aliphatic heterocycles. The van der Waals surface area contributed by atoms with E-state index in [2.05, 4.69) is 6.58 Å². The first-order chi connectivity index (χ1) is 10.5. The quantitative estimate of drug-likeness (QED) is 0.420. The van der Waals surface area contributed by atoms with Crippen molar-refractivity contribution in [2.45, 2.75) is 50.6 Å². The monoisotopic (exact) mass is 322 g/mol. The van der Waals surface area contributed by atoms with E-state index in [1.165, 1.54) is 6.92 Å². The number of fused-ring (bicyclic) bond motifs is 3. The van der Waals surface area contributed by atoms with Gasteiger partial charge in [-0.1, -0.05) is 18.7 Å². The van der Waals surface area contributed by atoms with Crippen LogP contribution in [-0.2, 0) is 19.1 Å². The normalized spacial score (nSPS) is 48.5. The summed E-state index contributed by atoms with van der Waals surface area (Å²) in [6.45, 7) is 8.34. The Hall–Kier alpha value is -1.66. The summed E-state index contributed by atoms with van der Waals surface area (Å²) in [5.41, 5.74) is -2.22. The molecule has 2 N–H and O–H groups in total. The molecule has 0 spiro atoms. The van der Waals surface area contributed by atoms with E-state index in [1.807, 2.05) is 0 Å². The second-order valence-electron chi connectivity index (χ2n) is 7.27. The van der Waals surface area contributed by atoms with Crippen LogP contribution >= 0.6 is 0 Å². The molecule has 0 aromatic rings. The molecule has 1 saturated carbocycles. The molecule has 23 heavy (non-hydrogen) atoms. The Morgan fingerprint density at radius 1 is 1.43 bits per heavy atom. The van der Waals surface area contributed by atoms with Crippen LogP contribution < -0.4 is 0 Å². The molecular formula is C17H22O6. The molecule has 126 valence electrons. The van der Waals surface area contributed by atoms with Crippen LogP contribution in [0.2, 0.25) is 0 Å². The number of hydrogen-bond donors (Lipinski definition) is 2. The maximum Gasteiger partial charge on any atom is 0.334 e. The Bertz CT molecular complexity index is 602. The van der Waals surface area contributed by atoms with Crippen LogP contribution in [-0.4, -0.2) is 45.6 Å². The van der Waals surface area contributed by atoms with Crippen LogP contribution in [0.4, 0.5) is 0 Å². The van der Waals surface area contributed by atoms with Gasteiger partial charge in [0.2, 0.25) is 0 Å². The van der Waals surface area contributed by atoms with Crippen molar-refractivity contribution in [3.8, 4) is 0 Å². The number of hydrogen-bond acceptors (Lipinski definition) is 6. The molecule has 0 bridgehead atoms. The summed E-state index contributed by atoms with van der Waals surface area (Å²) < 4.78 is 10.8. The predicted molar refractivity (Wildman–Crippen MR) is 80.0 cm³/mol. The van der Waals surface area contributed by atoms with E-state index < -0.39 is 53.1 Å². The molecule has 0 aromatic heterocycles. The molecule has 2 fully saturated rings. The molecule has 6 heteroatoms. The molecule has 0 amide bonds. The highest BCUT2D eigenvalue weighted by molar-refractivity contribution is 5.91. The van der Waals surface area contributed by atoms with Crippen LogP contribution in [0, 0.1) is 17.8 Å². The minimum absolute atomic E-state index is 0.144. The Labute approximate surface area is 134 Å². The second kappa shape index (κ2) is 4.92. The lowest BCUT2D eigenvalue weighted by atomic mass is 9.73. The van der Waals surface area contributed by atoms with Gasteiger partial charge in [0, 0.05) is 30.8 Å². The molecule has 3 rings (SSSR count). The molecule has 0 aromatic carbocycles. The topological polar surface area (TPSA) is 93.1 Å². The smallest absolute Gasteiger partial charge is 0.334 e. The summed E-state index contributed by atoms with van der Waals surface area (Å²) in [5, 5.41) is 21.6. The minimum Gasteiger partial charge on any atom is -0.462 e. The number of rotatable bonds is 1. The van der Waals surface area contributed by atoms with Crippen molar-refractivity contribution in [3.05, 3.63) is 24.3 Å². The third-order valence-corrected chi connectivity index (χ3v) is 5.37. The Morgan fingerprint density at radius 2 is 2.09 bits per heavy atom. The molecule has 1 heterocycles. The van der Waals surface area contributed by atoms with E-state index in [1.54, 1.807) is 26.0 Å². The average Bonchev–Trinajstić information content (AvgIpc) is 2.82. The van der Waals surface area contributed by atoms with E-state index in [0.717, 1.165) is 0 Å². The highest BCUT2D eigenvalue weighted by Gasteiger charge is 2.62. The summed E-state index contributed by atoms with van der Waals surface area (Å²) >= 11 is 0. The van der Waals surface area contributed by atoms with Crippen molar-refractivity contribution in [1.29, 1.82) is 0 Å². The fraction of sp³-hybridized carbons (Fsp3) is 0.647. The van der Waals surface area contributed by atoms with Crippen LogP contribution in [0.5, 0.6) is 0 Å². The standard InChI is InChI=1S/C17H22O6/c1-8-12-11(22-9(2)18)7-17(4,21)10-5-6-16(3,20)13(10)14(12)23-15(8)19/h5-6,10-14,20-21H,1,7H2,2-4H3. The van der Waals surface area contributed by atoms with Crippen LogP contribution in [0.15, 0.2) is 24.3 Å². The predicted octanol–water partition coefficient (Wildman–Crippen LogP) is 0.724. The van der Waals surface area contributed by atoms with Gasteiger partial charge in [-0.3, -0.25) is 4.79 Å². The first kappa shape index (κ1) is 16.2. The van der Waals surface area contributed by atoms with Crippen molar-refractivity contribution in [2.24, 2.45) is 17.8 Å². The van der Waals surface area contributed by atoms with Crippen LogP contribution in [0.25, 0.3) is 0 Å². The molecule has 0 radical (unpaired) electrons. The number of ether oxygens (including phenoxy) is 2. The average molecular weight is 322 g/mol. The lowest BCUT2D eigenvalue weighted by Crippen LogP contribution is -2.47. The zero-order valence-electron chi connectivity index (χ0n) is 13.5. The number of aliphatic hydroxyl groups is 2. The van der Waals surface area contributed by atoms with Gasteiger partial charge in [0.25, 0.3) is 0 Å². The first-order valence-electron chi connectivity index (χ1n) is 7.76. The highest BCUT2D eigenvalue weighted by Crippen LogP contribution is 2.53. The zero-order chi connectivity index (χ0) is 17.2. The zero-order valence-corrected chi connectivity index (χ0v) is 13.5. The van der Waals surface area contributed by atoms with E-state index in [-0.39, 0.29) is 12.0 Å². The largest absolute Gasteiger partial charge is 0.462 e. The SMILES string of the molecule is C=C1C(=O)OC2C1C(OC(C)=O)CC(C)(O)C1C=CC(C)(O)C21. The van der Waals surface area contributed by atoms with Gasteiger partial charge in [0.15, 0.2) is 0 Å². The third kappa shape index (κ3) is 2.40. The molecule has 7 unspecified atom stereocenters. The summed E-state index contributed by atoms with van der Waals surface area (Å²) in [4.78, 5) is 23.5. The third-order valence-electron chi connectivity index (χ3n) is 5.37. The molecule has 3 aliphatic rings. The Balaban J connectivity index is 2.09. The van der Waals surface area contributed by atoms with Crippen molar-refractivity contribution in [3.63, 3.8) is 0 Å². The van der Waals surface area contributed by atoms with Gasteiger partial charge in [-0.15, -0.1) is 0 Å². The summed E-state index contributed by atoms with van der Waals surface area (Å²) in [6.07, 6.45) is 2.12. The van der Waals surface area contributed by atoms with Gasteiger partial charge in [-0.2, -0.15) is 0 Å². The number of carbonyl (C=O) groups is 2. The molecule has 7 atom stereocenters. The van der Waals surface area contributed by atoms with Crippen molar-refractivity contribution in [1.82, 2.24) is 0 Å². The molecule has 1 saturated heterocycles. The van der Waals surface area contributed by atoms with Gasteiger partial charge in [-0.05, 0) is 13.8 Å². The van der Waals surface area contributed by atoms with E-state index in [4.69, 9.17) is 9.47 Å².